The van der Waals surface area contributed by atoms with Gasteiger partial charge in [-0.25, -0.2) is 0 Å². The second-order valence-electron chi connectivity index (χ2n) is 7.22. The lowest BCUT2D eigenvalue weighted by Gasteiger charge is -2.09. The molecule has 0 atom stereocenters. The van der Waals surface area contributed by atoms with Crippen LogP contribution < -0.4 is 10.9 Å². The molecule has 3 N–H and O–H groups in total. The van der Waals surface area contributed by atoms with Crippen molar-refractivity contribution in [3.05, 3.63) is 87.5 Å². The van der Waals surface area contributed by atoms with E-state index in [0.717, 1.165) is 27.9 Å². The number of nitrogens with one attached hydrogen (secondary N) is 3. The van der Waals surface area contributed by atoms with Gasteiger partial charge in [0.2, 0.25) is 5.91 Å². The van der Waals surface area contributed by atoms with E-state index >= 15 is 0 Å². The van der Waals surface area contributed by atoms with Crippen molar-refractivity contribution in [1.29, 1.82) is 0 Å². The summed E-state index contributed by atoms with van der Waals surface area (Å²) in [4.78, 5) is 32.4. The molecule has 8 heteroatoms. The fraction of sp³-hybridized carbons (Fsp3) is 0.125. The van der Waals surface area contributed by atoms with E-state index in [2.05, 4.69) is 36.7 Å². The fourth-order valence-corrected chi connectivity index (χ4v) is 4.17. The standard InChI is InChI=1S/C24H20BrClN4O2/c25-19-8-2-1-6-17(19)24(32)30-29-22(31)10-5-7-16-18-14-15(26)11-12-20(18)28-23(16)21-9-3-4-13-27-21/h1-4,6,8-9,11-14,28H,5,7,10H2,(H,29,31)(H,30,32). The molecule has 4 rings (SSSR count). The molecule has 0 spiro atoms. The van der Waals surface area contributed by atoms with Crippen LogP contribution in [-0.4, -0.2) is 21.8 Å². The molecule has 162 valence electrons. The number of carbonyl (C=O) groups excluding carboxylic acids is 2. The van der Waals surface area contributed by atoms with E-state index in [-0.39, 0.29) is 18.2 Å². The zero-order valence-corrected chi connectivity index (χ0v) is 19.3. The van der Waals surface area contributed by atoms with Crippen LogP contribution in [-0.2, 0) is 11.2 Å². The number of hydrogen-bond acceptors (Lipinski definition) is 3. The predicted octanol–water partition coefficient (Wildman–Crippen LogP) is 5.43. The first-order chi connectivity index (χ1) is 15.5. The van der Waals surface area contributed by atoms with Gasteiger partial charge in [0.05, 0.1) is 17.0 Å². The van der Waals surface area contributed by atoms with Crippen molar-refractivity contribution in [2.24, 2.45) is 0 Å². The number of rotatable bonds is 6. The fourth-order valence-electron chi connectivity index (χ4n) is 3.54. The number of pyridine rings is 1. The Morgan fingerprint density at radius 1 is 1.03 bits per heavy atom. The van der Waals surface area contributed by atoms with Crippen molar-refractivity contribution in [2.75, 3.05) is 0 Å². The Labute approximate surface area is 198 Å². The molecule has 2 amide bonds. The van der Waals surface area contributed by atoms with E-state index in [1.165, 1.54) is 0 Å². The van der Waals surface area contributed by atoms with Crippen molar-refractivity contribution in [2.45, 2.75) is 19.3 Å². The van der Waals surface area contributed by atoms with Crippen LogP contribution >= 0.6 is 27.5 Å². The molecule has 6 nitrogen and oxygen atoms in total. The molecule has 0 aliphatic heterocycles. The highest BCUT2D eigenvalue weighted by atomic mass is 79.9. The Bertz CT molecular complexity index is 1270. The van der Waals surface area contributed by atoms with Crippen LogP contribution in [0.5, 0.6) is 0 Å². The summed E-state index contributed by atoms with van der Waals surface area (Å²) in [5, 5.41) is 1.67. The van der Waals surface area contributed by atoms with E-state index in [4.69, 9.17) is 11.6 Å². The summed E-state index contributed by atoms with van der Waals surface area (Å²) in [5.41, 5.74) is 9.17. The van der Waals surface area contributed by atoms with Gasteiger partial charge in [-0.05, 0) is 76.8 Å². The van der Waals surface area contributed by atoms with Crippen LogP contribution in [0.25, 0.3) is 22.3 Å². The minimum Gasteiger partial charge on any atom is -0.353 e. The van der Waals surface area contributed by atoms with Gasteiger partial charge in [0.1, 0.15) is 0 Å². The highest BCUT2D eigenvalue weighted by Crippen LogP contribution is 2.32. The van der Waals surface area contributed by atoms with Gasteiger partial charge in [0, 0.05) is 33.0 Å². The quantitative estimate of drug-likeness (QED) is 0.302. The van der Waals surface area contributed by atoms with E-state index < -0.39 is 0 Å². The maximum atomic E-state index is 12.3. The van der Waals surface area contributed by atoms with Gasteiger partial charge in [0.25, 0.3) is 5.91 Å². The molecule has 0 bridgehead atoms. The number of halogens is 2. The molecule has 0 aliphatic rings. The summed E-state index contributed by atoms with van der Waals surface area (Å²) in [6.07, 6.45) is 3.25. The average Bonchev–Trinajstić information content (AvgIpc) is 3.16. The number of benzene rings is 2. The van der Waals surface area contributed by atoms with Crippen molar-refractivity contribution < 1.29 is 9.59 Å². The number of fused-ring (bicyclic) bond motifs is 1. The summed E-state index contributed by atoms with van der Waals surface area (Å²) in [6, 6.07) is 18.5. The summed E-state index contributed by atoms with van der Waals surface area (Å²) in [5.74, 6) is -0.641. The largest absolute Gasteiger partial charge is 0.353 e. The topological polar surface area (TPSA) is 86.9 Å². The maximum Gasteiger partial charge on any atom is 0.270 e. The second kappa shape index (κ2) is 9.97. The molecule has 0 saturated carbocycles. The lowest BCUT2D eigenvalue weighted by atomic mass is 10.0. The highest BCUT2D eigenvalue weighted by Gasteiger charge is 2.15. The zero-order chi connectivity index (χ0) is 22.5. The smallest absolute Gasteiger partial charge is 0.270 e. The van der Waals surface area contributed by atoms with Crippen LogP contribution in [0.15, 0.2) is 71.3 Å². The monoisotopic (exact) mass is 510 g/mol. The molecule has 0 aliphatic carbocycles. The van der Waals surface area contributed by atoms with E-state index in [1.807, 2.05) is 42.5 Å². The van der Waals surface area contributed by atoms with Gasteiger partial charge >= 0.3 is 0 Å². The molecular formula is C24H20BrClN4O2. The third-order valence-corrected chi connectivity index (χ3v) is 5.98. The third kappa shape index (κ3) is 5.00. The van der Waals surface area contributed by atoms with E-state index in [0.29, 0.717) is 27.9 Å². The Balaban J connectivity index is 1.42. The van der Waals surface area contributed by atoms with Crippen LogP contribution in [0.2, 0.25) is 5.02 Å². The minimum absolute atomic E-state index is 0.255. The second-order valence-corrected chi connectivity index (χ2v) is 8.51. The minimum atomic E-state index is -0.380. The Morgan fingerprint density at radius 3 is 2.62 bits per heavy atom. The SMILES string of the molecule is O=C(CCCc1c(-c2ccccn2)[nH]c2ccc(Cl)cc12)NNC(=O)c1ccccc1Br. The van der Waals surface area contributed by atoms with Crippen molar-refractivity contribution >= 4 is 50.2 Å². The van der Waals surface area contributed by atoms with Crippen molar-refractivity contribution in [1.82, 2.24) is 20.8 Å². The predicted molar refractivity (Wildman–Crippen MR) is 129 cm³/mol. The number of carbonyl (C=O) groups is 2. The third-order valence-electron chi connectivity index (χ3n) is 5.05. The molecule has 0 unspecified atom stereocenters. The number of aromatic nitrogens is 2. The average molecular weight is 512 g/mol. The Hall–Kier alpha value is -3.16. The molecule has 2 aromatic heterocycles. The van der Waals surface area contributed by atoms with Crippen LogP contribution in [0.1, 0.15) is 28.8 Å². The normalized spacial score (nSPS) is 10.8. The van der Waals surface area contributed by atoms with Crippen LogP contribution in [0.4, 0.5) is 0 Å². The number of hydrazine groups is 1. The number of hydrogen-bond donors (Lipinski definition) is 3. The van der Waals surface area contributed by atoms with Gasteiger partial charge in [-0.1, -0.05) is 29.8 Å². The number of H-pyrrole nitrogens is 1. The lowest BCUT2D eigenvalue weighted by molar-refractivity contribution is -0.121. The summed E-state index contributed by atoms with van der Waals surface area (Å²) < 4.78 is 0.659. The number of nitrogens with zero attached hydrogens (tertiary/aromatic N) is 1. The number of amides is 2. The van der Waals surface area contributed by atoms with E-state index in [9.17, 15) is 9.59 Å². The molecule has 4 aromatic rings. The summed E-state index contributed by atoms with van der Waals surface area (Å²) >= 11 is 9.55. The van der Waals surface area contributed by atoms with Gasteiger partial charge in [-0.3, -0.25) is 25.4 Å². The molecule has 2 aromatic carbocycles. The Kier molecular flexibility index (Phi) is 6.87. The summed E-state index contributed by atoms with van der Waals surface area (Å²) in [7, 11) is 0. The van der Waals surface area contributed by atoms with Gasteiger partial charge in [-0.15, -0.1) is 0 Å². The van der Waals surface area contributed by atoms with Gasteiger partial charge < -0.3 is 4.98 Å². The molecule has 0 radical (unpaired) electrons. The zero-order valence-electron chi connectivity index (χ0n) is 17.0. The number of aromatic amines is 1. The van der Waals surface area contributed by atoms with Crippen LogP contribution in [0.3, 0.4) is 0 Å². The first-order valence-electron chi connectivity index (χ1n) is 10.1. The first-order valence-corrected chi connectivity index (χ1v) is 11.3. The van der Waals surface area contributed by atoms with E-state index in [1.54, 1.807) is 24.4 Å². The molecular weight excluding hydrogens is 492 g/mol. The lowest BCUT2D eigenvalue weighted by Crippen LogP contribution is -2.41. The molecule has 2 heterocycles. The van der Waals surface area contributed by atoms with Crippen LogP contribution in [0, 0.1) is 0 Å². The van der Waals surface area contributed by atoms with Gasteiger partial charge in [0.15, 0.2) is 0 Å². The maximum absolute atomic E-state index is 12.3. The van der Waals surface area contributed by atoms with Crippen molar-refractivity contribution in [3.8, 4) is 11.4 Å². The molecule has 0 fully saturated rings. The Morgan fingerprint density at radius 2 is 1.84 bits per heavy atom. The number of aryl methyl sites for hydroxylation is 1. The first kappa shape index (κ1) is 22.0. The van der Waals surface area contributed by atoms with Gasteiger partial charge in [-0.2, -0.15) is 0 Å². The highest BCUT2D eigenvalue weighted by molar-refractivity contribution is 9.10. The molecule has 32 heavy (non-hydrogen) atoms. The molecule has 0 saturated heterocycles. The summed E-state index contributed by atoms with van der Waals surface area (Å²) in [6.45, 7) is 0. The van der Waals surface area contributed by atoms with Crippen molar-refractivity contribution in [3.63, 3.8) is 0 Å².